The van der Waals surface area contributed by atoms with E-state index in [2.05, 4.69) is 9.68 Å². The molecule has 11 atom stereocenters. The van der Waals surface area contributed by atoms with Crippen LogP contribution in [0.4, 0.5) is 8.78 Å². The lowest BCUT2D eigenvalue weighted by atomic mass is 9.44. The Morgan fingerprint density at radius 1 is 1.10 bits per heavy atom. The maximum Gasteiger partial charge on any atom is 0.323 e. The number of carbonyl (C=O) groups excluding carboxylic acids is 4. The summed E-state index contributed by atoms with van der Waals surface area (Å²) in [6.07, 6.45) is -4.13. The summed E-state index contributed by atoms with van der Waals surface area (Å²) in [4.78, 5) is 80.5. The average molecular weight is 732 g/mol. The number of hydrogen-bond acceptors (Lipinski definition) is 16. The van der Waals surface area contributed by atoms with E-state index in [9.17, 15) is 44.5 Å². The number of allylic oxidation sites excluding steroid dienone is 4. The zero-order chi connectivity index (χ0) is 37.9. The fourth-order valence-corrected chi connectivity index (χ4v) is 9.03. The Kier molecular flexibility index (Phi) is 9.80. The predicted octanol–water partition coefficient (Wildman–Crippen LogP) is 0.964. The Morgan fingerprint density at radius 3 is 2.43 bits per heavy atom. The molecule has 282 valence electrons. The zero-order valence-electron chi connectivity index (χ0n) is 28.1. The summed E-state index contributed by atoms with van der Waals surface area (Å²) in [6.45, 7) is 3.41. The fourth-order valence-electron chi connectivity index (χ4n) is 9.03. The van der Waals surface area contributed by atoms with Gasteiger partial charge in [0, 0.05) is 16.7 Å². The first-order valence-corrected chi connectivity index (χ1v) is 16.1. The number of nitrogens with zero attached hydrogens (tertiary/aromatic N) is 2. The van der Waals surface area contributed by atoms with Gasteiger partial charge in [0.1, 0.15) is 25.4 Å². The van der Waals surface area contributed by atoms with Gasteiger partial charge in [-0.3, -0.25) is 19.2 Å². The third-order valence-corrected chi connectivity index (χ3v) is 11.1. The van der Waals surface area contributed by atoms with Crippen LogP contribution in [0.25, 0.3) is 0 Å². The molecule has 5 aliphatic rings. The van der Waals surface area contributed by atoms with Crippen LogP contribution < -0.4 is 5.73 Å². The first-order chi connectivity index (χ1) is 23.6. The molecule has 3 saturated carbocycles. The maximum absolute atomic E-state index is 17.6. The van der Waals surface area contributed by atoms with Crippen LogP contribution in [0.1, 0.15) is 53.4 Å². The third-order valence-electron chi connectivity index (χ3n) is 11.1. The van der Waals surface area contributed by atoms with E-state index < -0.39 is 130 Å². The molecule has 4 aliphatic carbocycles. The highest BCUT2D eigenvalue weighted by Crippen LogP contribution is 2.72. The molecule has 20 heteroatoms. The van der Waals surface area contributed by atoms with Crippen molar-refractivity contribution in [1.29, 1.82) is 0 Å². The second kappa shape index (κ2) is 13.1. The summed E-state index contributed by atoms with van der Waals surface area (Å²) in [5, 5.41) is 30.1. The number of hydrogen-bond donors (Lipinski definition) is 2. The van der Waals surface area contributed by atoms with E-state index in [0.717, 1.165) is 12.2 Å². The van der Waals surface area contributed by atoms with Gasteiger partial charge in [0.25, 0.3) is 10.2 Å². The molecule has 5 rings (SSSR count). The molecule has 1 saturated heterocycles. The second-order valence-electron chi connectivity index (χ2n) is 14.4. The minimum atomic E-state index is -2.42. The number of rotatable bonds is 13. The SMILES string of the molecule is CC1(C)O[C@@H]2CC3C4C[C@H](F)C5=CC(=O)C=C[C@]5(C)[C@@]4(F)[C@@H](O)C[C@]3(C)[C@]2(C(=O)COC(=O)CC(N)C(=O)OCC(CO[N+](=O)[O-])O[N+](=O)[O-])O1. The molecule has 3 N–H and O–H groups in total. The third kappa shape index (κ3) is 6.24. The molecular weight excluding hydrogens is 692 g/mol. The van der Waals surface area contributed by atoms with Crippen molar-refractivity contribution in [3.05, 3.63) is 44.0 Å². The lowest BCUT2D eigenvalue weighted by Crippen LogP contribution is -2.71. The highest BCUT2D eigenvalue weighted by atomic mass is 19.1. The van der Waals surface area contributed by atoms with E-state index >= 15 is 8.78 Å². The summed E-state index contributed by atoms with van der Waals surface area (Å²) in [7, 11) is 0. The van der Waals surface area contributed by atoms with Gasteiger partial charge in [-0.15, -0.1) is 20.2 Å². The molecule has 0 radical (unpaired) electrons. The Hall–Kier alpha value is -4.14. The molecular formula is C31H39F2N3O15. The van der Waals surface area contributed by atoms with Crippen molar-refractivity contribution in [3.8, 4) is 0 Å². The largest absolute Gasteiger partial charge is 0.462 e. The van der Waals surface area contributed by atoms with Crippen molar-refractivity contribution in [3.63, 3.8) is 0 Å². The summed E-state index contributed by atoms with van der Waals surface area (Å²) >= 11 is 0. The van der Waals surface area contributed by atoms with Crippen molar-refractivity contribution in [2.45, 2.75) is 101 Å². The number of aliphatic hydroxyl groups excluding tert-OH is 1. The molecule has 0 aromatic carbocycles. The van der Waals surface area contributed by atoms with Crippen LogP contribution in [0.15, 0.2) is 23.8 Å². The van der Waals surface area contributed by atoms with Gasteiger partial charge in [0.05, 0.1) is 18.6 Å². The summed E-state index contributed by atoms with van der Waals surface area (Å²) < 4.78 is 55.8. The number of Topliss-reactive ketones (excluding diaryl/α,β-unsaturated/α-hetero) is 1. The van der Waals surface area contributed by atoms with Gasteiger partial charge in [-0.1, -0.05) is 13.0 Å². The number of carbonyl (C=O) groups is 4. The number of ether oxygens (including phenoxy) is 4. The van der Waals surface area contributed by atoms with Crippen LogP contribution in [0.5, 0.6) is 0 Å². The highest BCUT2D eigenvalue weighted by molar-refractivity contribution is 6.01. The number of nitrogens with two attached hydrogens (primary N) is 1. The van der Waals surface area contributed by atoms with Gasteiger partial charge in [0.2, 0.25) is 5.78 Å². The number of ketones is 2. The number of fused-ring (bicyclic) bond motifs is 7. The molecule has 0 spiro atoms. The molecule has 0 aromatic rings. The number of aliphatic hydroxyl groups is 1. The lowest BCUT2D eigenvalue weighted by molar-refractivity contribution is -0.790. The van der Waals surface area contributed by atoms with Crippen LogP contribution in [0, 0.1) is 42.9 Å². The maximum atomic E-state index is 17.6. The quantitative estimate of drug-likeness (QED) is 0.152. The number of esters is 2. The molecule has 1 aliphatic heterocycles. The van der Waals surface area contributed by atoms with Crippen LogP contribution in [0.3, 0.4) is 0 Å². The van der Waals surface area contributed by atoms with Crippen LogP contribution in [-0.2, 0) is 47.8 Å². The Bertz CT molecular complexity index is 1570. The monoisotopic (exact) mass is 731 g/mol. The first-order valence-electron chi connectivity index (χ1n) is 16.1. The molecule has 4 unspecified atom stereocenters. The summed E-state index contributed by atoms with van der Waals surface area (Å²) in [6, 6.07) is -1.69. The summed E-state index contributed by atoms with van der Waals surface area (Å²) in [5.74, 6) is -6.93. The van der Waals surface area contributed by atoms with Gasteiger partial charge in [-0.25, -0.2) is 8.78 Å². The van der Waals surface area contributed by atoms with Crippen LogP contribution in [-0.4, -0.2) is 106 Å². The smallest absolute Gasteiger partial charge is 0.323 e. The topological polar surface area (TPSA) is 256 Å². The molecule has 0 amide bonds. The average Bonchev–Trinajstić information content (AvgIpc) is 3.44. The van der Waals surface area contributed by atoms with Crippen molar-refractivity contribution >= 4 is 23.5 Å². The molecule has 51 heavy (non-hydrogen) atoms. The van der Waals surface area contributed by atoms with E-state index in [1.165, 1.54) is 13.0 Å². The van der Waals surface area contributed by atoms with E-state index in [0.29, 0.717) is 0 Å². The Morgan fingerprint density at radius 2 is 1.78 bits per heavy atom. The van der Waals surface area contributed by atoms with Gasteiger partial charge in [-0.05, 0) is 63.7 Å². The molecule has 0 bridgehead atoms. The van der Waals surface area contributed by atoms with E-state index in [1.54, 1.807) is 20.8 Å². The van der Waals surface area contributed by atoms with Gasteiger partial charge >= 0.3 is 11.9 Å². The van der Waals surface area contributed by atoms with Gasteiger partial charge in [-0.2, -0.15) is 0 Å². The number of alkyl halides is 2. The van der Waals surface area contributed by atoms with E-state index in [4.69, 9.17) is 24.7 Å². The summed E-state index contributed by atoms with van der Waals surface area (Å²) in [5.41, 5.74) is -1.67. The lowest BCUT2D eigenvalue weighted by Gasteiger charge is -2.63. The minimum Gasteiger partial charge on any atom is -0.462 e. The molecule has 1 heterocycles. The molecule has 0 aromatic heterocycles. The van der Waals surface area contributed by atoms with Crippen molar-refractivity contribution in [1.82, 2.24) is 0 Å². The molecule has 4 fully saturated rings. The molecule has 18 nitrogen and oxygen atoms in total. The second-order valence-corrected chi connectivity index (χ2v) is 14.4. The van der Waals surface area contributed by atoms with Crippen LogP contribution >= 0.6 is 0 Å². The fraction of sp³-hybridized carbons (Fsp3) is 0.742. The van der Waals surface area contributed by atoms with Gasteiger partial charge < -0.3 is 39.5 Å². The Balaban J connectivity index is 1.30. The van der Waals surface area contributed by atoms with Crippen molar-refractivity contribution in [2.24, 2.45) is 28.4 Å². The van der Waals surface area contributed by atoms with E-state index in [1.807, 2.05) is 0 Å². The Labute approximate surface area is 288 Å². The van der Waals surface area contributed by atoms with Crippen LogP contribution in [0.2, 0.25) is 0 Å². The minimum absolute atomic E-state index is 0.0394. The van der Waals surface area contributed by atoms with E-state index in [-0.39, 0.29) is 24.8 Å². The van der Waals surface area contributed by atoms with Crippen molar-refractivity contribution in [2.75, 3.05) is 19.8 Å². The normalized spacial score (nSPS) is 38.5. The standard InChI is InChI=1S/C31H39F2N3O15/c1-27(2)49-24-9-17-18-8-20(32)19-7-15(37)5-6-28(19,3)30(18,33)22(38)11-29(17,4)31(24,51-27)23(39)14-46-25(40)10-21(34)26(41)47-12-16(50-36(44)45)13-48-35(42)43/h5-7,16-18,20-22,24,38H,8-14,34H2,1-4H3/t16?,17?,18?,20-,21?,22-,24+,28-,29-,30-,31+/m0/s1. The number of halogens is 2. The predicted molar refractivity (Wildman–Crippen MR) is 161 cm³/mol. The van der Waals surface area contributed by atoms with Crippen molar-refractivity contribution < 1.29 is 71.9 Å². The highest BCUT2D eigenvalue weighted by Gasteiger charge is 2.80. The zero-order valence-corrected chi connectivity index (χ0v) is 28.1. The first kappa shape index (κ1) is 38.1. The van der Waals surface area contributed by atoms with Gasteiger partial charge in [0.15, 0.2) is 35.6 Å².